The van der Waals surface area contributed by atoms with E-state index in [1.807, 2.05) is 7.05 Å². The van der Waals surface area contributed by atoms with Crippen LogP contribution in [-0.2, 0) is 10.0 Å². The first-order chi connectivity index (χ1) is 9.46. The molecule has 21 heavy (non-hydrogen) atoms. The van der Waals surface area contributed by atoms with Crippen molar-refractivity contribution in [3.05, 3.63) is 27.7 Å². The summed E-state index contributed by atoms with van der Waals surface area (Å²) in [6.07, 6.45) is 1.76. The quantitative estimate of drug-likeness (QED) is 0.818. The molecule has 1 fully saturated rings. The van der Waals surface area contributed by atoms with E-state index in [2.05, 4.69) is 21.2 Å². The number of hydrogen-bond donors (Lipinski definition) is 1. The normalized spacial score (nSPS) is 17.5. The van der Waals surface area contributed by atoms with Gasteiger partial charge in [-0.2, -0.15) is 4.31 Å². The molecule has 0 atom stereocenters. The van der Waals surface area contributed by atoms with Crippen molar-refractivity contribution in [1.82, 2.24) is 9.62 Å². The molecule has 1 aromatic rings. The lowest BCUT2D eigenvalue weighted by Crippen LogP contribution is -2.40. The highest BCUT2D eigenvalue weighted by molar-refractivity contribution is 9.10. The van der Waals surface area contributed by atoms with Crippen LogP contribution in [0.25, 0.3) is 0 Å². The molecule has 0 amide bonds. The Morgan fingerprint density at radius 1 is 1.38 bits per heavy atom. The molecule has 1 aromatic carbocycles. The van der Waals surface area contributed by atoms with Gasteiger partial charge < -0.3 is 5.32 Å². The number of nitrogens with one attached hydrogen (secondary N) is 1. The fraction of sp³-hybridized carbons (Fsp3) is 0.538. The van der Waals surface area contributed by atoms with Crippen molar-refractivity contribution in [2.45, 2.75) is 17.7 Å². The van der Waals surface area contributed by atoms with Crippen LogP contribution in [-0.4, -0.2) is 39.4 Å². The molecule has 0 aromatic heterocycles. The molecule has 1 heterocycles. The maximum absolute atomic E-state index is 12.6. The Morgan fingerprint density at radius 2 is 2.00 bits per heavy atom. The molecular formula is C13H19BrCl2N2O2S. The van der Waals surface area contributed by atoms with Crippen molar-refractivity contribution in [2.75, 3.05) is 26.7 Å². The Bertz CT molecular complexity index is 576. The Balaban J connectivity index is 0.00000220. The predicted octanol–water partition coefficient (Wildman–Crippen LogP) is 3.14. The summed E-state index contributed by atoms with van der Waals surface area (Å²) in [6.45, 7) is 2.04. The highest BCUT2D eigenvalue weighted by Crippen LogP contribution is 2.32. The maximum Gasteiger partial charge on any atom is 0.244 e. The van der Waals surface area contributed by atoms with Crippen LogP contribution in [0.5, 0.6) is 0 Å². The molecular weight excluding hydrogens is 399 g/mol. The Labute approximate surface area is 145 Å². The minimum Gasteiger partial charge on any atom is -0.319 e. The summed E-state index contributed by atoms with van der Waals surface area (Å²) in [7, 11) is -1.58. The fourth-order valence-corrected chi connectivity index (χ4v) is 4.94. The van der Waals surface area contributed by atoms with Crippen molar-refractivity contribution in [1.29, 1.82) is 0 Å². The third-order valence-electron chi connectivity index (χ3n) is 3.60. The maximum atomic E-state index is 12.6. The summed E-state index contributed by atoms with van der Waals surface area (Å²) in [6, 6.07) is 4.99. The largest absolute Gasteiger partial charge is 0.319 e. The van der Waals surface area contributed by atoms with Crippen molar-refractivity contribution in [3.8, 4) is 0 Å². The first-order valence-corrected chi connectivity index (χ1v) is 9.16. The average Bonchev–Trinajstić information content (AvgIpc) is 2.42. The van der Waals surface area contributed by atoms with Gasteiger partial charge in [-0.1, -0.05) is 17.7 Å². The van der Waals surface area contributed by atoms with Crippen LogP contribution in [0.4, 0.5) is 0 Å². The molecule has 8 heteroatoms. The van der Waals surface area contributed by atoms with Gasteiger partial charge in [0, 0.05) is 17.6 Å². The summed E-state index contributed by atoms with van der Waals surface area (Å²) >= 11 is 9.38. The Morgan fingerprint density at radius 3 is 2.57 bits per heavy atom. The number of hydrogen-bond acceptors (Lipinski definition) is 3. The number of nitrogens with zero attached hydrogens (tertiary/aromatic N) is 1. The van der Waals surface area contributed by atoms with Gasteiger partial charge in [0.15, 0.2) is 0 Å². The minimum absolute atomic E-state index is 0. The molecule has 1 N–H and O–H groups in total. The van der Waals surface area contributed by atoms with Crippen LogP contribution in [0.15, 0.2) is 27.6 Å². The van der Waals surface area contributed by atoms with Crippen LogP contribution in [0.1, 0.15) is 12.8 Å². The van der Waals surface area contributed by atoms with Crippen molar-refractivity contribution in [3.63, 3.8) is 0 Å². The van der Waals surface area contributed by atoms with Gasteiger partial charge in [0.2, 0.25) is 10.0 Å². The molecule has 1 aliphatic rings. The third kappa shape index (κ3) is 4.33. The van der Waals surface area contributed by atoms with E-state index >= 15 is 0 Å². The zero-order chi connectivity index (χ0) is 14.8. The number of sulfonamides is 1. The summed E-state index contributed by atoms with van der Waals surface area (Å²) in [5, 5.41) is 3.40. The van der Waals surface area contributed by atoms with Crippen LogP contribution in [0, 0.1) is 5.92 Å². The molecule has 0 unspecified atom stereocenters. The van der Waals surface area contributed by atoms with Crippen LogP contribution in [0.3, 0.4) is 0 Å². The second-order valence-corrected chi connectivity index (χ2v) is 8.10. The Kier molecular flexibility index (Phi) is 7.43. The second-order valence-electron chi connectivity index (χ2n) is 4.96. The van der Waals surface area contributed by atoms with Gasteiger partial charge in [-0.3, -0.25) is 0 Å². The van der Waals surface area contributed by atoms with Crippen molar-refractivity contribution in [2.24, 2.45) is 5.92 Å². The lowest BCUT2D eigenvalue weighted by Gasteiger charge is -2.31. The summed E-state index contributed by atoms with van der Waals surface area (Å²) < 4.78 is 27.4. The molecule has 1 saturated heterocycles. The number of halogens is 3. The first-order valence-electron chi connectivity index (χ1n) is 6.55. The minimum atomic E-state index is -3.50. The van der Waals surface area contributed by atoms with Crippen molar-refractivity contribution >= 4 is 50.0 Å². The van der Waals surface area contributed by atoms with Crippen molar-refractivity contribution < 1.29 is 8.42 Å². The van der Waals surface area contributed by atoms with Crippen LogP contribution >= 0.6 is 39.9 Å². The monoisotopic (exact) mass is 416 g/mol. The van der Waals surface area contributed by atoms with Gasteiger partial charge in [0.25, 0.3) is 0 Å². The third-order valence-corrected chi connectivity index (χ3v) is 6.95. The van der Waals surface area contributed by atoms with Crippen LogP contribution in [0.2, 0.25) is 5.02 Å². The highest BCUT2D eigenvalue weighted by atomic mass is 79.9. The SMILES string of the molecule is CNCC1CCN(S(=O)(=O)c2cccc(Br)c2Cl)CC1.Cl. The Hall–Kier alpha value is 0.150. The van der Waals surface area contributed by atoms with Gasteiger partial charge in [-0.25, -0.2) is 8.42 Å². The summed E-state index contributed by atoms with van der Waals surface area (Å²) in [5.41, 5.74) is 0. The van der Waals surface area contributed by atoms with E-state index in [0.717, 1.165) is 19.4 Å². The molecule has 0 saturated carbocycles. The van der Waals surface area contributed by atoms with Crippen LogP contribution < -0.4 is 5.32 Å². The number of benzene rings is 1. The molecule has 1 aliphatic heterocycles. The fourth-order valence-electron chi connectivity index (χ4n) is 2.46. The van der Waals surface area contributed by atoms with Gasteiger partial charge in [-0.05, 0) is 60.4 Å². The smallest absolute Gasteiger partial charge is 0.244 e. The molecule has 0 bridgehead atoms. The predicted molar refractivity (Wildman–Crippen MR) is 91.8 cm³/mol. The van der Waals surface area contributed by atoms with E-state index in [9.17, 15) is 8.42 Å². The van der Waals surface area contributed by atoms with Gasteiger partial charge in [-0.15, -0.1) is 12.4 Å². The van der Waals surface area contributed by atoms with Gasteiger partial charge in [0.05, 0.1) is 5.02 Å². The van der Waals surface area contributed by atoms with E-state index in [4.69, 9.17) is 11.6 Å². The van der Waals surface area contributed by atoms with E-state index in [1.165, 1.54) is 4.31 Å². The average molecular weight is 418 g/mol. The number of piperidine rings is 1. The topological polar surface area (TPSA) is 49.4 Å². The summed E-state index contributed by atoms with van der Waals surface area (Å²) in [4.78, 5) is 0.181. The first kappa shape index (κ1) is 19.2. The molecule has 120 valence electrons. The lowest BCUT2D eigenvalue weighted by molar-refractivity contribution is 0.270. The lowest BCUT2D eigenvalue weighted by atomic mass is 9.98. The molecule has 0 radical (unpaired) electrons. The molecule has 0 aliphatic carbocycles. The molecule has 2 rings (SSSR count). The highest BCUT2D eigenvalue weighted by Gasteiger charge is 2.30. The summed E-state index contributed by atoms with van der Waals surface area (Å²) in [5.74, 6) is 0.546. The molecule has 4 nitrogen and oxygen atoms in total. The van der Waals surface area contributed by atoms with E-state index in [-0.39, 0.29) is 22.3 Å². The van der Waals surface area contributed by atoms with E-state index in [0.29, 0.717) is 23.5 Å². The standard InChI is InChI=1S/C13H18BrClN2O2S.ClH/c1-16-9-10-5-7-17(8-6-10)20(18,19)12-4-2-3-11(14)13(12)15;/h2-4,10,16H,5-9H2,1H3;1H. The molecule has 0 spiro atoms. The van der Waals surface area contributed by atoms with Gasteiger partial charge in [0.1, 0.15) is 4.90 Å². The van der Waals surface area contributed by atoms with Gasteiger partial charge >= 0.3 is 0 Å². The zero-order valence-corrected chi connectivity index (χ0v) is 15.7. The second kappa shape index (κ2) is 8.13. The zero-order valence-electron chi connectivity index (χ0n) is 11.7. The van der Waals surface area contributed by atoms with E-state index < -0.39 is 10.0 Å². The van der Waals surface area contributed by atoms with E-state index in [1.54, 1.807) is 18.2 Å². The number of rotatable bonds is 4.